The van der Waals surface area contributed by atoms with Gasteiger partial charge in [0.1, 0.15) is 0 Å². The molecule has 0 nitrogen and oxygen atoms in total. The molecule has 0 saturated heterocycles. The minimum Gasteiger partial charge on any atom is -0.160 e. The van der Waals surface area contributed by atoms with E-state index in [0.29, 0.717) is 12.0 Å². The quantitative estimate of drug-likeness (QED) is 0.740. The first-order chi connectivity index (χ1) is 9.04. The predicted molar refractivity (Wildman–Crippen MR) is 73.0 cm³/mol. The van der Waals surface area contributed by atoms with Gasteiger partial charge in [-0.15, -0.1) is 0 Å². The topological polar surface area (TPSA) is 0 Å². The van der Waals surface area contributed by atoms with Crippen LogP contribution in [0, 0.1) is 0 Å². The Bertz CT molecular complexity index is 494. The van der Waals surface area contributed by atoms with E-state index in [9.17, 15) is 13.2 Å². The molecule has 19 heavy (non-hydrogen) atoms. The van der Waals surface area contributed by atoms with E-state index in [1.54, 1.807) is 30.3 Å². The van der Waals surface area contributed by atoms with Crippen molar-refractivity contribution < 1.29 is 13.2 Å². The highest BCUT2D eigenvalue weighted by atomic mass is 32.2. The molecule has 0 radical (unpaired) electrons. The zero-order valence-corrected chi connectivity index (χ0v) is 10.9. The Hall–Kier alpha value is -1.42. The molecule has 100 valence electrons. The van der Waals surface area contributed by atoms with Crippen LogP contribution in [-0.2, 0) is 6.42 Å². The lowest BCUT2D eigenvalue weighted by Gasteiger charge is -2.18. The zero-order chi connectivity index (χ0) is 13.7. The van der Waals surface area contributed by atoms with E-state index in [1.807, 2.05) is 30.3 Å². The summed E-state index contributed by atoms with van der Waals surface area (Å²) in [7, 11) is 0. The van der Waals surface area contributed by atoms with Gasteiger partial charge in [-0.05, 0) is 29.3 Å². The van der Waals surface area contributed by atoms with Crippen molar-refractivity contribution >= 4 is 11.8 Å². The lowest BCUT2D eigenvalue weighted by molar-refractivity contribution is -0.0334. The minimum absolute atomic E-state index is 0.0498. The van der Waals surface area contributed by atoms with E-state index in [4.69, 9.17) is 0 Å². The fourth-order valence-electron chi connectivity index (χ4n) is 1.88. The second-order valence-corrected chi connectivity index (χ2v) is 5.42. The monoisotopic (exact) mass is 282 g/mol. The number of halogens is 3. The summed E-state index contributed by atoms with van der Waals surface area (Å²) in [4.78, 5) is 0. The molecule has 0 saturated carbocycles. The summed E-state index contributed by atoms with van der Waals surface area (Å²) in [5, 5.41) is -0.608. The second-order valence-electron chi connectivity index (χ2n) is 4.15. The van der Waals surface area contributed by atoms with Crippen LogP contribution in [0.25, 0.3) is 0 Å². The molecule has 0 spiro atoms. The van der Waals surface area contributed by atoms with Crippen molar-refractivity contribution in [2.24, 2.45) is 0 Å². The van der Waals surface area contributed by atoms with Crippen LogP contribution in [0.15, 0.2) is 60.7 Å². The minimum atomic E-state index is -4.23. The van der Waals surface area contributed by atoms with Crippen LogP contribution in [0.2, 0.25) is 0 Å². The van der Waals surface area contributed by atoms with Crippen molar-refractivity contribution in [3.63, 3.8) is 0 Å². The summed E-state index contributed by atoms with van der Waals surface area (Å²) < 4.78 is 38.0. The Morgan fingerprint density at radius 2 is 1.37 bits per heavy atom. The first kappa shape index (κ1) is 14.0. The number of hydrogen-bond donors (Lipinski definition) is 0. The van der Waals surface area contributed by atoms with Gasteiger partial charge in [0.2, 0.25) is 0 Å². The molecule has 1 atom stereocenters. The number of hydrogen-bond acceptors (Lipinski definition) is 1. The molecule has 0 aliphatic carbocycles. The molecule has 0 aliphatic rings. The smallest absolute Gasteiger partial charge is 0.160 e. The maximum Gasteiger partial charge on any atom is 0.442 e. The van der Waals surface area contributed by atoms with Crippen LogP contribution in [0.3, 0.4) is 0 Å². The van der Waals surface area contributed by atoms with Gasteiger partial charge in [-0.1, -0.05) is 60.7 Å². The van der Waals surface area contributed by atoms with Crippen molar-refractivity contribution in [1.29, 1.82) is 0 Å². The summed E-state index contributed by atoms with van der Waals surface area (Å²) in [6.45, 7) is 0. The van der Waals surface area contributed by atoms with Gasteiger partial charge in [0.25, 0.3) is 0 Å². The molecule has 0 fully saturated rings. The normalized spacial score (nSPS) is 13.2. The first-order valence-electron chi connectivity index (χ1n) is 5.88. The summed E-state index contributed by atoms with van der Waals surface area (Å²) >= 11 is 0.0498. The average molecular weight is 282 g/mol. The van der Waals surface area contributed by atoms with Crippen LogP contribution in [0.5, 0.6) is 0 Å². The Balaban J connectivity index is 2.20. The van der Waals surface area contributed by atoms with Crippen LogP contribution in [0.4, 0.5) is 13.2 Å². The van der Waals surface area contributed by atoms with Gasteiger partial charge in [-0.25, -0.2) is 0 Å². The van der Waals surface area contributed by atoms with Crippen molar-refractivity contribution in [3.05, 3.63) is 71.8 Å². The summed E-state index contributed by atoms with van der Waals surface area (Å²) in [5.74, 6) is 0. The largest absolute Gasteiger partial charge is 0.442 e. The predicted octanol–water partition coefficient (Wildman–Crippen LogP) is 5.22. The summed E-state index contributed by atoms with van der Waals surface area (Å²) in [6, 6.07) is 18.1. The summed E-state index contributed by atoms with van der Waals surface area (Å²) in [6.07, 6.45) is 0.370. The number of rotatable bonds is 4. The van der Waals surface area contributed by atoms with E-state index in [2.05, 4.69) is 0 Å². The zero-order valence-electron chi connectivity index (χ0n) is 10.1. The van der Waals surface area contributed by atoms with E-state index in [1.165, 1.54) is 0 Å². The third-order valence-corrected chi connectivity index (χ3v) is 3.70. The molecule has 0 unspecified atom stereocenters. The van der Waals surface area contributed by atoms with Crippen LogP contribution in [-0.4, -0.2) is 5.51 Å². The van der Waals surface area contributed by atoms with Gasteiger partial charge in [0.05, 0.1) is 0 Å². The number of thioether (sulfide) groups is 1. The Kier molecular flexibility index (Phi) is 4.53. The van der Waals surface area contributed by atoms with Crippen molar-refractivity contribution in [2.45, 2.75) is 17.2 Å². The van der Waals surface area contributed by atoms with Crippen LogP contribution in [0.1, 0.15) is 16.4 Å². The molecule has 4 heteroatoms. The Morgan fingerprint density at radius 3 is 1.89 bits per heavy atom. The third kappa shape index (κ3) is 4.63. The van der Waals surface area contributed by atoms with E-state index >= 15 is 0 Å². The second kappa shape index (κ2) is 6.15. The van der Waals surface area contributed by atoms with Crippen molar-refractivity contribution in [3.8, 4) is 0 Å². The lowest BCUT2D eigenvalue weighted by atomic mass is 10.0. The molecule has 0 amide bonds. The van der Waals surface area contributed by atoms with Gasteiger partial charge in [-0.2, -0.15) is 13.2 Å². The molecule has 2 rings (SSSR count). The van der Waals surface area contributed by atoms with Gasteiger partial charge in [0.15, 0.2) is 0 Å². The van der Waals surface area contributed by atoms with E-state index in [-0.39, 0.29) is 11.8 Å². The SMILES string of the molecule is FC(F)(F)S[C@H](Cc1ccccc1)c1ccccc1. The van der Waals surface area contributed by atoms with E-state index < -0.39 is 10.8 Å². The molecule has 0 aromatic heterocycles. The molecule has 0 aliphatic heterocycles. The molecular weight excluding hydrogens is 269 g/mol. The van der Waals surface area contributed by atoms with Crippen LogP contribution >= 0.6 is 11.8 Å². The molecule has 0 N–H and O–H groups in total. The fraction of sp³-hybridized carbons (Fsp3) is 0.200. The maximum absolute atomic E-state index is 12.7. The molecule has 0 heterocycles. The lowest BCUT2D eigenvalue weighted by Crippen LogP contribution is -2.08. The van der Waals surface area contributed by atoms with Crippen molar-refractivity contribution in [1.82, 2.24) is 0 Å². The van der Waals surface area contributed by atoms with Gasteiger partial charge < -0.3 is 0 Å². The highest BCUT2D eigenvalue weighted by Crippen LogP contribution is 2.43. The van der Waals surface area contributed by atoms with Gasteiger partial charge in [-0.3, -0.25) is 0 Å². The van der Waals surface area contributed by atoms with Crippen LogP contribution < -0.4 is 0 Å². The molecular formula is C15H13F3S. The molecule has 0 bridgehead atoms. The number of benzene rings is 2. The number of alkyl halides is 3. The molecule has 2 aromatic carbocycles. The Morgan fingerprint density at radius 1 is 0.842 bits per heavy atom. The maximum atomic E-state index is 12.7. The van der Waals surface area contributed by atoms with Gasteiger partial charge >= 0.3 is 5.51 Å². The molecule has 2 aromatic rings. The van der Waals surface area contributed by atoms with Crippen molar-refractivity contribution in [2.75, 3.05) is 0 Å². The van der Waals surface area contributed by atoms with E-state index in [0.717, 1.165) is 5.56 Å². The summed E-state index contributed by atoms with van der Waals surface area (Å²) in [5.41, 5.74) is -2.61. The third-order valence-electron chi connectivity index (χ3n) is 2.71. The van der Waals surface area contributed by atoms with Gasteiger partial charge in [0, 0.05) is 5.25 Å². The standard InChI is InChI=1S/C15H13F3S/c16-15(17,18)19-14(13-9-5-2-6-10-13)11-12-7-3-1-4-8-12/h1-10,14H,11H2/t14-/m1/s1. The highest BCUT2D eigenvalue weighted by molar-refractivity contribution is 8.00. The first-order valence-corrected chi connectivity index (χ1v) is 6.76. The fourth-order valence-corrected chi connectivity index (χ4v) is 2.78. The average Bonchev–Trinajstić information content (AvgIpc) is 2.39. The Labute approximate surface area is 114 Å². The highest BCUT2D eigenvalue weighted by Gasteiger charge is 2.33.